The molecule has 1 amide bonds. The number of aliphatic hydroxyl groups excluding tert-OH is 2. The van der Waals surface area contributed by atoms with Crippen LogP contribution in [0.25, 0.3) is 0 Å². The Morgan fingerprint density at radius 3 is 1.39 bits per heavy atom. The lowest BCUT2D eigenvalue weighted by Crippen LogP contribution is -2.46. The maximum atomic E-state index is 13.2. The monoisotopic (exact) mass is 916 g/mol. The zero-order valence-electron chi connectivity index (χ0n) is 42.8. The van der Waals surface area contributed by atoms with Crippen LogP contribution >= 0.6 is 0 Å². The van der Waals surface area contributed by atoms with Gasteiger partial charge in [-0.2, -0.15) is 0 Å². The van der Waals surface area contributed by atoms with Gasteiger partial charge in [0.05, 0.1) is 25.2 Å². The molecular weight excluding hydrogens is 815 g/mol. The molecule has 66 heavy (non-hydrogen) atoms. The number of rotatable bonds is 47. The largest absolute Gasteiger partial charge is 0.458 e. The minimum absolute atomic E-state index is 0.0617. The number of hydrogen-bond donors (Lipinski definition) is 3. The molecule has 0 heterocycles. The smallest absolute Gasteiger partial charge is 0.306 e. The number of nitrogens with one attached hydrogen (secondary N) is 1. The highest BCUT2D eigenvalue weighted by atomic mass is 16.5. The van der Waals surface area contributed by atoms with Crippen molar-refractivity contribution >= 4 is 11.9 Å². The Morgan fingerprint density at radius 2 is 0.894 bits per heavy atom. The fourth-order valence-corrected chi connectivity index (χ4v) is 7.58. The molecule has 0 bridgehead atoms. The molecule has 0 saturated carbocycles. The van der Waals surface area contributed by atoms with Gasteiger partial charge in [-0.05, 0) is 76.7 Å². The third-order valence-electron chi connectivity index (χ3n) is 11.7. The Labute approximate surface area is 407 Å². The molecule has 0 radical (unpaired) electrons. The SMILES string of the molecule is CC/C=C/C/C=C/C/C=C/C/C=C/C/C=C/C(CC(=O)NC(CO)C(O)CCCCCCCCCCCCCCCCC)OC(=O)CCCCCCC/C=C/C=C/C=C/C=C/CCCCC. The first-order chi connectivity index (χ1) is 32.5. The number of esters is 1. The van der Waals surface area contributed by atoms with Crippen molar-refractivity contribution in [2.24, 2.45) is 0 Å². The number of amides is 1. The summed E-state index contributed by atoms with van der Waals surface area (Å²) in [5.74, 6) is -0.661. The molecule has 3 atom stereocenters. The third-order valence-corrected chi connectivity index (χ3v) is 11.7. The van der Waals surface area contributed by atoms with Crippen molar-refractivity contribution < 1.29 is 24.5 Å². The van der Waals surface area contributed by atoms with Crippen molar-refractivity contribution in [3.05, 3.63) is 109 Å². The predicted molar refractivity (Wildman–Crippen MR) is 287 cm³/mol. The second kappa shape index (κ2) is 52.5. The lowest BCUT2D eigenvalue weighted by atomic mass is 10.0. The van der Waals surface area contributed by atoms with Gasteiger partial charge in [0.1, 0.15) is 6.10 Å². The third kappa shape index (κ3) is 47.0. The Balaban J connectivity index is 4.75. The van der Waals surface area contributed by atoms with Crippen LogP contribution in [0.1, 0.15) is 233 Å². The van der Waals surface area contributed by atoms with E-state index in [4.69, 9.17) is 4.74 Å². The molecule has 0 aliphatic heterocycles. The molecule has 3 N–H and O–H groups in total. The van der Waals surface area contributed by atoms with Gasteiger partial charge in [-0.15, -0.1) is 0 Å². The van der Waals surface area contributed by atoms with Gasteiger partial charge >= 0.3 is 5.97 Å². The molecule has 0 aromatic rings. The van der Waals surface area contributed by atoms with Crippen LogP contribution < -0.4 is 5.32 Å². The number of allylic oxidation sites excluding steroid dienone is 17. The lowest BCUT2D eigenvalue weighted by Gasteiger charge is -2.23. The summed E-state index contributed by atoms with van der Waals surface area (Å²) in [5, 5.41) is 23.8. The highest BCUT2D eigenvalue weighted by Gasteiger charge is 2.23. The van der Waals surface area contributed by atoms with Crippen molar-refractivity contribution in [2.75, 3.05) is 6.61 Å². The van der Waals surface area contributed by atoms with Crippen LogP contribution in [0.4, 0.5) is 0 Å². The fourth-order valence-electron chi connectivity index (χ4n) is 7.58. The van der Waals surface area contributed by atoms with Crippen LogP contribution in [0, 0.1) is 0 Å². The molecule has 0 aliphatic carbocycles. The molecule has 0 saturated heterocycles. The number of unbranched alkanes of at least 4 members (excludes halogenated alkanes) is 22. The zero-order valence-corrected chi connectivity index (χ0v) is 42.8. The molecule has 6 nitrogen and oxygen atoms in total. The number of aliphatic hydroxyl groups is 2. The van der Waals surface area contributed by atoms with E-state index in [9.17, 15) is 19.8 Å². The summed E-state index contributed by atoms with van der Waals surface area (Å²) >= 11 is 0. The van der Waals surface area contributed by atoms with Crippen LogP contribution in [0.2, 0.25) is 0 Å². The molecule has 0 aliphatic rings. The van der Waals surface area contributed by atoms with E-state index in [1.54, 1.807) is 6.08 Å². The Morgan fingerprint density at radius 1 is 0.485 bits per heavy atom. The van der Waals surface area contributed by atoms with E-state index < -0.39 is 18.2 Å². The normalized spacial score (nSPS) is 14.1. The van der Waals surface area contributed by atoms with Crippen LogP contribution in [0.15, 0.2) is 109 Å². The van der Waals surface area contributed by atoms with Gasteiger partial charge in [-0.3, -0.25) is 9.59 Å². The van der Waals surface area contributed by atoms with Crippen molar-refractivity contribution in [3.8, 4) is 0 Å². The van der Waals surface area contributed by atoms with Gasteiger partial charge in [0, 0.05) is 6.42 Å². The van der Waals surface area contributed by atoms with Gasteiger partial charge < -0.3 is 20.3 Å². The Hall–Kier alpha value is -3.48. The van der Waals surface area contributed by atoms with Crippen molar-refractivity contribution in [3.63, 3.8) is 0 Å². The van der Waals surface area contributed by atoms with Gasteiger partial charge in [0.15, 0.2) is 0 Å². The maximum Gasteiger partial charge on any atom is 0.306 e. The summed E-state index contributed by atoms with van der Waals surface area (Å²) in [5.41, 5.74) is 0. The number of carbonyl (C=O) groups is 2. The van der Waals surface area contributed by atoms with Crippen LogP contribution in [-0.4, -0.2) is 46.9 Å². The molecule has 0 rings (SSSR count). The first-order valence-corrected chi connectivity index (χ1v) is 27.2. The van der Waals surface area contributed by atoms with E-state index in [1.807, 2.05) is 6.08 Å². The molecule has 376 valence electrons. The highest BCUT2D eigenvalue weighted by molar-refractivity contribution is 5.78. The molecule has 6 heteroatoms. The van der Waals surface area contributed by atoms with E-state index in [0.717, 1.165) is 89.9 Å². The number of carbonyl (C=O) groups excluding carboxylic acids is 2. The Kier molecular flexibility index (Phi) is 49.7. The van der Waals surface area contributed by atoms with E-state index in [1.165, 1.54) is 96.3 Å². The summed E-state index contributed by atoms with van der Waals surface area (Å²) in [4.78, 5) is 26.1. The summed E-state index contributed by atoms with van der Waals surface area (Å²) < 4.78 is 5.82. The average molecular weight is 916 g/mol. The van der Waals surface area contributed by atoms with Crippen LogP contribution in [-0.2, 0) is 14.3 Å². The second-order valence-corrected chi connectivity index (χ2v) is 18.0. The molecule has 0 fully saturated rings. The molecule has 0 aromatic heterocycles. The second-order valence-electron chi connectivity index (χ2n) is 18.0. The number of ether oxygens (including phenoxy) is 1. The molecule has 0 spiro atoms. The van der Waals surface area contributed by atoms with Gasteiger partial charge in [0.25, 0.3) is 0 Å². The van der Waals surface area contributed by atoms with Gasteiger partial charge in [0.2, 0.25) is 5.91 Å². The first-order valence-electron chi connectivity index (χ1n) is 27.2. The van der Waals surface area contributed by atoms with E-state index in [2.05, 4.69) is 123 Å². The standard InChI is InChI=1S/C60H101NO5/c1-4-7-10-13-16-19-22-25-28-29-30-32-35-38-41-44-47-50-53-60(65)66-56(51-48-45-42-39-36-33-27-24-21-18-15-12-9-6-3)54-59(64)61-57(55-62)58(63)52-49-46-43-40-37-34-31-26-23-20-17-14-11-8-5-2/h9,12,16,18-19,21-22,25,27-30,32-33,39,42,48,51,56-58,62-63H,4-8,10-11,13-15,17,20,23-24,26,31,34-38,40-41,43-47,49-50,52-55H2,1-3H3,(H,61,64)/b12-9+,19-16+,21-18+,25-22+,29-28+,32-30+,33-27+,42-39+,51-48+. The van der Waals surface area contributed by atoms with Gasteiger partial charge in [-0.25, -0.2) is 0 Å². The highest BCUT2D eigenvalue weighted by Crippen LogP contribution is 2.16. The lowest BCUT2D eigenvalue weighted by molar-refractivity contribution is -0.148. The topological polar surface area (TPSA) is 95.9 Å². The number of hydrogen-bond acceptors (Lipinski definition) is 5. The maximum absolute atomic E-state index is 13.2. The average Bonchev–Trinajstić information content (AvgIpc) is 3.31. The fraction of sp³-hybridized carbons (Fsp3) is 0.667. The van der Waals surface area contributed by atoms with Crippen molar-refractivity contribution in [1.82, 2.24) is 5.32 Å². The van der Waals surface area contributed by atoms with E-state index in [0.29, 0.717) is 19.3 Å². The molecule has 3 unspecified atom stereocenters. The van der Waals surface area contributed by atoms with Crippen molar-refractivity contribution in [1.29, 1.82) is 0 Å². The first kappa shape index (κ1) is 62.5. The van der Waals surface area contributed by atoms with Crippen LogP contribution in [0.3, 0.4) is 0 Å². The van der Waals surface area contributed by atoms with Crippen molar-refractivity contribution in [2.45, 2.75) is 251 Å². The summed E-state index contributed by atoms with van der Waals surface area (Å²) in [7, 11) is 0. The zero-order chi connectivity index (χ0) is 48.1. The molecule has 0 aromatic carbocycles. The summed E-state index contributed by atoms with van der Waals surface area (Å²) in [6, 6.07) is -0.754. The summed E-state index contributed by atoms with van der Waals surface area (Å²) in [6.45, 7) is 6.29. The minimum atomic E-state index is -0.830. The molecular formula is C60H101NO5. The summed E-state index contributed by atoms with van der Waals surface area (Å²) in [6.07, 6.45) is 71.7. The predicted octanol–water partition coefficient (Wildman–Crippen LogP) is 16.7. The van der Waals surface area contributed by atoms with E-state index in [-0.39, 0.29) is 24.9 Å². The van der Waals surface area contributed by atoms with Gasteiger partial charge in [-0.1, -0.05) is 252 Å². The quantitative estimate of drug-likeness (QED) is 0.0245. The van der Waals surface area contributed by atoms with Crippen LogP contribution in [0.5, 0.6) is 0 Å². The van der Waals surface area contributed by atoms with E-state index >= 15 is 0 Å². The minimum Gasteiger partial charge on any atom is -0.458 e. The Bertz CT molecular complexity index is 1350.